The molecule has 2 rings (SSSR count). The molecule has 2 aromatic rings. The Bertz CT molecular complexity index is 606. The molecule has 0 saturated heterocycles. The molecule has 1 heterocycles. The quantitative estimate of drug-likeness (QED) is 0.722. The van der Waals surface area contributed by atoms with E-state index in [1.54, 1.807) is 11.8 Å². The van der Waals surface area contributed by atoms with E-state index in [1.807, 2.05) is 30.1 Å². The van der Waals surface area contributed by atoms with Gasteiger partial charge in [0.25, 0.3) is 0 Å². The van der Waals surface area contributed by atoms with Crippen LogP contribution < -0.4 is 0 Å². The normalized spacial score (nSPS) is 11.0. The first-order valence-corrected chi connectivity index (χ1v) is 8.63. The van der Waals surface area contributed by atoms with Crippen LogP contribution in [0.4, 0.5) is 0 Å². The average Bonchev–Trinajstić information content (AvgIpc) is 2.85. The molecule has 0 aliphatic rings. The predicted molar refractivity (Wildman–Crippen MR) is 89.7 cm³/mol. The van der Waals surface area contributed by atoms with Gasteiger partial charge in [-0.2, -0.15) is 11.8 Å². The summed E-state index contributed by atoms with van der Waals surface area (Å²) >= 11 is 1.81. The lowest BCUT2D eigenvalue weighted by atomic mass is 10.1. The second-order valence-electron chi connectivity index (χ2n) is 5.05. The lowest BCUT2D eigenvalue weighted by molar-refractivity contribution is -0.129. The Hall–Kier alpha value is -1.42. The molecule has 4 heteroatoms. The number of hydrogen-bond donors (Lipinski definition) is 0. The number of furan rings is 1. The van der Waals surface area contributed by atoms with Gasteiger partial charge in [-0.3, -0.25) is 4.79 Å². The molecule has 0 N–H and O–H groups in total. The van der Waals surface area contributed by atoms with E-state index >= 15 is 0 Å². The Kier molecular flexibility index (Phi) is 5.74. The Morgan fingerprint density at radius 3 is 2.76 bits per heavy atom. The molecule has 3 nitrogen and oxygen atoms in total. The molecule has 0 bridgehead atoms. The van der Waals surface area contributed by atoms with Crippen LogP contribution in [0.25, 0.3) is 11.0 Å². The summed E-state index contributed by atoms with van der Waals surface area (Å²) in [6.07, 6.45) is 1.45. The molecule has 0 fully saturated rings. The molecule has 0 aliphatic carbocycles. The van der Waals surface area contributed by atoms with Crippen molar-refractivity contribution in [2.24, 2.45) is 0 Å². The van der Waals surface area contributed by atoms with E-state index in [0.717, 1.165) is 40.2 Å². The van der Waals surface area contributed by atoms with Crippen molar-refractivity contribution in [2.45, 2.75) is 33.2 Å². The first kappa shape index (κ1) is 16.0. The topological polar surface area (TPSA) is 33.5 Å². The zero-order chi connectivity index (χ0) is 15.2. The fourth-order valence-corrected chi connectivity index (χ4v) is 3.04. The van der Waals surface area contributed by atoms with Gasteiger partial charge in [0.15, 0.2) is 0 Å². The number of carbonyl (C=O) groups excluding carboxylic acids is 1. The predicted octanol–water partition coefficient (Wildman–Crippen LogP) is 4.10. The Morgan fingerprint density at radius 2 is 2.05 bits per heavy atom. The summed E-state index contributed by atoms with van der Waals surface area (Å²) in [7, 11) is 1.88. The molecule has 1 aromatic carbocycles. The van der Waals surface area contributed by atoms with E-state index in [0.29, 0.717) is 13.0 Å². The number of amides is 1. The lowest BCUT2D eigenvalue weighted by Gasteiger charge is -2.17. The van der Waals surface area contributed by atoms with Crippen LogP contribution in [-0.2, 0) is 17.8 Å². The average molecular weight is 305 g/mol. The van der Waals surface area contributed by atoms with Crippen LogP contribution in [-0.4, -0.2) is 29.4 Å². The van der Waals surface area contributed by atoms with Crippen molar-refractivity contribution in [1.29, 1.82) is 0 Å². The molecular weight excluding hydrogens is 282 g/mol. The Morgan fingerprint density at radius 1 is 1.29 bits per heavy atom. The molecule has 0 unspecified atom stereocenters. The van der Waals surface area contributed by atoms with Crippen LogP contribution in [0.2, 0.25) is 0 Å². The zero-order valence-electron chi connectivity index (χ0n) is 13.0. The van der Waals surface area contributed by atoms with Gasteiger partial charge in [0, 0.05) is 43.1 Å². The number of nitrogens with zero attached hydrogens (tertiary/aromatic N) is 1. The number of rotatable bonds is 7. The second-order valence-corrected chi connectivity index (χ2v) is 6.44. The fourth-order valence-electron chi connectivity index (χ4n) is 2.43. The van der Waals surface area contributed by atoms with Crippen LogP contribution in [0.5, 0.6) is 0 Å². The highest BCUT2D eigenvalue weighted by atomic mass is 32.2. The van der Waals surface area contributed by atoms with E-state index in [1.165, 1.54) is 0 Å². The Balaban J connectivity index is 2.13. The first-order chi connectivity index (χ1) is 10.2. The fraction of sp³-hybridized carbons (Fsp3) is 0.471. The number of benzene rings is 1. The summed E-state index contributed by atoms with van der Waals surface area (Å²) in [5.41, 5.74) is 2.05. The van der Waals surface area contributed by atoms with Gasteiger partial charge >= 0.3 is 0 Å². The van der Waals surface area contributed by atoms with Gasteiger partial charge in [-0.05, 0) is 11.8 Å². The second kappa shape index (κ2) is 7.55. The molecule has 0 saturated carbocycles. The number of para-hydroxylation sites is 1. The van der Waals surface area contributed by atoms with Gasteiger partial charge in [-0.15, -0.1) is 0 Å². The van der Waals surface area contributed by atoms with Crippen LogP contribution in [0.1, 0.15) is 31.6 Å². The van der Waals surface area contributed by atoms with Crippen LogP contribution in [0.3, 0.4) is 0 Å². The van der Waals surface area contributed by atoms with Crippen molar-refractivity contribution in [1.82, 2.24) is 4.90 Å². The molecule has 114 valence electrons. The third-order valence-corrected chi connectivity index (χ3v) is 4.49. The van der Waals surface area contributed by atoms with Gasteiger partial charge in [0.05, 0.1) is 0 Å². The molecular formula is C17H23NO2S. The molecule has 21 heavy (non-hydrogen) atoms. The number of hydrogen-bond acceptors (Lipinski definition) is 3. The van der Waals surface area contributed by atoms with Crippen molar-refractivity contribution < 1.29 is 9.21 Å². The van der Waals surface area contributed by atoms with E-state index < -0.39 is 0 Å². The minimum Gasteiger partial charge on any atom is -0.461 e. The van der Waals surface area contributed by atoms with Gasteiger partial charge in [0.2, 0.25) is 5.91 Å². The maximum atomic E-state index is 12.2. The summed E-state index contributed by atoms with van der Waals surface area (Å²) in [6, 6.07) is 8.04. The molecule has 1 aromatic heterocycles. The molecule has 0 radical (unpaired) electrons. The third kappa shape index (κ3) is 3.82. The maximum Gasteiger partial charge on any atom is 0.223 e. The van der Waals surface area contributed by atoms with Crippen molar-refractivity contribution in [2.75, 3.05) is 18.6 Å². The lowest BCUT2D eigenvalue weighted by Crippen LogP contribution is -2.26. The zero-order valence-corrected chi connectivity index (χ0v) is 13.8. The van der Waals surface area contributed by atoms with E-state index in [2.05, 4.69) is 19.9 Å². The van der Waals surface area contributed by atoms with Crippen molar-refractivity contribution >= 4 is 28.6 Å². The summed E-state index contributed by atoms with van der Waals surface area (Å²) in [6.45, 7) is 4.82. The molecule has 1 amide bonds. The molecule has 0 aliphatic heterocycles. The molecule has 0 spiro atoms. The highest BCUT2D eigenvalue weighted by molar-refractivity contribution is 7.99. The number of carbonyl (C=O) groups is 1. The molecule has 0 atom stereocenters. The third-order valence-electron chi connectivity index (χ3n) is 3.59. The number of aryl methyl sites for hydroxylation is 1. The maximum absolute atomic E-state index is 12.2. The largest absolute Gasteiger partial charge is 0.461 e. The number of fused-ring (bicyclic) bond motifs is 1. The standard InChI is InChI=1S/C17H23NO2S/c1-4-15-14(13-8-6-7-9-16(13)20-15)12-18(3)17(19)10-11-21-5-2/h6-9H,4-5,10-12H2,1-3H3. The summed E-state index contributed by atoms with van der Waals surface area (Å²) in [4.78, 5) is 14.0. The van der Waals surface area contributed by atoms with Gasteiger partial charge in [0.1, 0.15) is 11.3 Å². The number of thioether (sulfide) groups is 1. The van der Waals surface area contributed by atoms with Gasteiger partial charge in [-0.1, -0.05) is 32.0 Å². The van der Waals surface area contributed by atoms with Crippen LogP contribution in [0, 0.1) is 0 Å². The highest BCUT2D eigenvalue weighted by Crippen LogP contribution is 2.27. The van der Waals surface area contributed by atoms with E-state index in [-0.39, 0.29) is 5.91 Å². The smallest absolute Gasteiger partial charge is 0.223 e. The first-order valence-electron chi connectivity index (χ1n) is 7.48. The highest BCUT2D eigenvalue weighted by Gasteiger charge is 2.16. The van der Waals surface area contributed by atoms with Gasteiger partial charge < -0.3 is 9.32 Å². The van der Waals surface area contributed by atoms with E-state index in [4.69, 9.17) is 4.42 Å². The van der Waals surface area contributed by atoms with Crippen molar-refractivity contribution in [3.05, 3.63) is 35.6 Å². The van der Waals surface area contributed by atoms with E-state index in [9.17, 15) is 4.79 Å². The summed E-state index contributed by atoms with van der Waals surface area (Å²) in [5.74, 6) is 3.14. The Labute approximate surface area is 130 Å². The van der Waals surface area contributed by atoms with Crippen molar-refractivity contribution in [3.8, 4) is 0 Å². The van der Waals surface area contributed by atoms with Crippen molar-refractivity contribution in [3.63, 3.8) is 0 Å². The van der Waals surface area contributed by atoms with Crippen LogP contribution in [0.15, 0.2) is 28.7 Å². The van der Waals surface area contributed by atoms with Gasteiger partial charge in [-0.25, -0.2) is 0 Å². The minimum atomic E-state index is 0.197. The monoisotopic (exact) mass is 305 g/mol. The van der Waals surface area contributed by atoms with Crippen LogP contribution >= 0.6 is 11.8 Å². The SMILES string of the molecule is CCSCCC(=O)N(C)Cc1c(CC)oc2ccccc12. The minimum absolute atomic E-state index is 0.197. The summed E-state index contributed by atoms with van der Waals surface area (Å²) in [5, 5.41) is 1.12. The summed E-state index contributed by atoms with van der Waals surface area (Å²) < 4.78 is 5.89.